The molecule has 0 aromatic heterocycles. The number of fused-ring (bicyclic) bond motifs is 6. The molecule has 0 spiro atoms. The fourth-order valence-electron chi connectivity index (χ4n) is 5.53. The van der Waals surface area contributed by atoms with Gasteiger partial charge in [0.1, 0.15) is 17.3 Å². The number of hydrogen-bond acceptors (Lipinski definition) is 8. The molecule has 0 saturated heterocycles. The summed E-state index contributed by atoms with van der Waals surface area (Å²) < 4.78 is 0. The fourth-order valence-corrected chi connectivity index (χ4v) is 5.53. The molecule has 5 rings (SSSR count). The van der Waals surface area contributed by atoms with E-state index >= 15 is 0 Å². The topological polar surface area (TPSA) is 169 Å². The van der Waals surface area contributed by atoms with Crippen LogP contribution in [0.4, 0.5) is 0 Å². The van der Waals surface area contributed by atoms with Crippen molar-refractivity contribution in [3.8, 4) is 11.5 Å². The van der Waals surface area contributed by atoms with Crippen molar-refractivity contribution in [2.75, 3.05) is 0 Å². The predicted molar refractivity (Wildman–Crippen MR) is 120 cm³/mol. The highest BCUT2D eigenvalue weighted by molar-refractivity contribution is 6.29. The molecule has 0 fully saturated rings. The molecule has 0 bridgehead atoms. The Morgan fingerprint density at radius 3 is 2.03 bits per heavy atom. The Hall–Kier alpha value is -4.50. The molecular weight excluding hydrogens is 456 g/mol. The average Bonchev–Trinajstić information content (AvgIpc) is 3.13. The lowest BCUT2D eigenvalue weighted by Gasteiger charge is -2.40. The van der Waals surface area contributed by atoms with E-state index in [0.717, 1.165) is 13.0 Å². The molecular formula is C26H18O9. The van der Waals surface area contributed by atoms with Crippen LogP contribution in [0.5, 0.6) is 11.5 Å². The smallest absolute Gasteiger partial charge is 0.341 e. The normalized spacial score (nSPS) is 22.5. The van der Waals surface area contributed by atoms with Gasteiger partial charge in [-0.3, -0.25) is 14.4 Å². The summed E-state index contributed by atoms with van der Waals surface area (Å²) >= 11 is 0. The summed E-state index contributed by atoms with van der Waals surface area (Å²) in [7, 11) is 0. The lowest BCUT2D eigenvalue weighted by molar-refractivity contribution is -0.168. The van der Waals surface area contributed by atoms with Gasteiger partial charge in [-0.05, 0) is 53.8 Å². The van der Waals surface area contributed by atoms with Crippen LogP contribution in [0.15, 0.2) is 58.9 Å². The summed E-state index contributed by atoms with van der Waals surface area (Å²) in [6.45, 7) is 2.23. The molecule has 0 saturated carbocycles. The van der Waals surface area contributed by atoms with E-state index in [2.05, 4.69) is 0 Å². The van der Waals surface area contributed by atoms with Crippen LogP contribution in [-0.2, 0) is 20.0 Å². The molecule has 9 nitrogen and oxygen atoms in total. The van der Waals surface area contributed by atoms with Crippen LogP contribution >= 0.6 is 0 Å². The maximum absolute atomic E-state index is 13.0. The van der Waals surface area contributed by atoms with Crippen LogP contribution in [0.2, 0.25) is 0 Å². The number of allylic oxidation sites excluding steroid dienone is 5. The number of aliphatic carboxylic acids is 1. The summed E-state index contributed by atoms with van der Waals surface area (Å²) in [5.74, 6) is -7.95. The number of carboxylic acids is 1. The van der Waals surface area contributed by atoms with Crippen molar-refractivity contribution in [3.63, 3.8) is 0 Å². The minimum absolute atomic E-state index is 0.0120. The Morgan fingerprint density at radius 2 is 1.46 bits per heavy atom. The molecule has 3 aliphatic rings. The number of carbonyl (C=O) groups is 4. The van der Waals surface area contributed by atoms with Gasteiger partial charge in [0.2, 0.25) is 11.4 Å². The number of aromatic hydroxyl groups is 2. The second-order valence-electron chi connectivity index (χ2n) is 8.66. The van der Waals surface area contributed by atoms with Crippen LogP contribution in [-0.4, -0.2) is 48.9 Å². The number of phenolic OH excluding ortho intramolecular Hbond substituents is 2. The van der Waals surface area contributed by atoms with Crippen molar-refractivity contribution in [2.24, 2.45) is 5.92 Å². The molecule has 0 radical (unpaired) electrons. The molecule has 5 N–H and O–H groups in total. The second-order valence-corrected chi connectivity index (χ2v) is 8.66. The minimum atomic E-state index is -2.94. The highest BCUT2D eigenvalue weighted by Gasteiger charge is 2.60. The van der Waals surface area contributed by atoms with Crippen molar-refractivity contribution in [2.45, 2.75) is 19.4 Å². The second kappa shape index (κ2) is 7.00. The van der Waals surface area contributed by atoms with Crippen molar-refractivity contribution in [3.05, 3.63) is 81.1 Å². The van der Waals surface area contributed by atoms with E-state index < -0.39 is 57.7 Å². The summed E-state index contributed by atoms with van der Waals surface area (Å²) in [5, 5.41) is 53.7. The summed E-state index contributed by atoms with van der Waals surface area (Å²) in [5.41, 5.74) is -4.15. The Kier molecular flexibility index (Phi) is 4.46. The quantitative estimate of drug-likeness (QED) is 0.448. The monoisotopic (exact) mass is 474 g/mol. The van der Waals surface area contributed by atoms with Gasteiger partial charge in [-0.15, -0.1) is 0 Å². The maximum Gasteiger partial charge on any atom is 0.341 e. The molecule has 35 heavy (non-hydrogen) atoms. The minimum Gasteiger partial charge on any atom is -0.508 e. The van der Waals surface area contributed by atoms with E-state index in [1.165, 1.54) is 37.3 Å². The third kappa shape index (κ3) is 2.55. The number of ketones is 3. The lowest BCUT2D eigenvalue weighted by atomic mass is 9.64. The first-order valence-electron chi connectivity index (χ1n) is 10.5. The van der Waals surface area contributed by atoms with E-state index in [1.54, 1.807) is 0 Å². The highest BCUT2D eigenvalue weighted by Crippen LogP contribution is 2.61. The summed E-state index contributed by atoms with van der Waals surface area (Å²) in [4.78, 5) is 51.5. The molecule has 0 unspecified atom stereocenters. The number of aliphatic hydroxyl groups is 2. The third-order valence-electron chi connectivity index (χ3n) is 6.76. The Balaban J connectivity index is 2.10. The lowest BCUT2D eigenvalue weighted by Crippen LogP contribution is -2.50. The number of carbonyl (C=O) groups excluding carboxylic acids is 3. The number of hydrogen-bond donors (Lipinski definition) is 5. The van der Waals surface area contributed by atoms with Crippen molar-refractivity contribution in [1.82, 2.24) is 0 Å². The molecule has 2 aromatic carbocycles. The first kappa shape index (κ1) is 22.3. The SMILES string of the molecule is CC(=O)C1=C2C(=C3C1=C(O)C(=O)c1c(O)cccc13)[C@H](C(C)=O)[C@](O)(C(=O)O)c1c(O)cccc12. The first-order chi connectivity index (χ1) is 16.4. The zero-order valence-electron chi connectivity index (χ0n) is 18.4. The molecule has 0 amide bonds. The molecule has 2 atom stereocenters. The number of Topliss-reactive ketones (excluding diaryl/α,β-unsaturated/α-hetero) is 3. The van der Waals surface area contributed by atoms with Gasteiger partial charge >= 0.3 is 5.97 Å². The number of phenols is 2. The van der Waals surface area contributed by atoms with Crippen LogP contribution in [0.3, 0.4) is 0 Å². The zero-order chi connectivity index (χ0) is 25.6. The average molecular weight is 474 g/mol. The highest BCUT2D eigenvalue weighted by atomic mass is 16.4. The molecule has 0 heterocycles. The van der Waals surface area contributed by atoms with Crippen molar-refractivity contribution >= 4 is 34.5 Å². The van der Waals surface area contributed by atoms with Crippen LogP contribution in [0.1, 0.15) is 40.9 Å². The Bertz CT molecular complexity index is 1540. The van der Waals surface area contributed by atoms with Crippen molar-refractivity contribution in [1.29, 1.82) is 0 Å². The fraction of sp³-hybridized carbons (Fsp3) is 0.154. The van der Waals surface area contributed by atoms with Gasteiger partial charge in [-0.2, -0.15) is 0 Å². The van der Waals surface area contributed by atoms with Crippen molar-refractivity contribution < 1.29 is 44.7 Å². The number of carboxylic acid groups (broad SMARTS) is 1. The molecule has 2 aromatic rings. The van der Waals surface area contributed by atoms with Crippen LogP contribution in [0, 0.1) is 5.92 Å². The van der Waals surface area contributed by atoms with E-state index in [0.29, 0.717) is 0 Å². The first-order valence-corrected chi connectivity index (χ1v) is 10.5. The third-order valence-corrected chi connectivity index (χ3v) is 6.76. The maximum atomic E-state index is 13.0. The van der Waals surface area contributed by atoms with Gasteiger partial charge in [-0.1, -0.05) is 24.3 Å². The van der Waals surface area contributed by atoms with Gasteiger partial charge in [0.25, 0.3) is 0 Å². The van der Waals surface area contributed by atoms with Gasteiger partial charge in [-0.25, -0.2) is 4.79 Å². The Morgan fingerprint density at radius 1 is 0.857 bits per heavy atom. The predicted octanol–water partition coefficient (Wildman–Crippen LogP) is 2.41. The molecule has 176 valence electrons. The van der Waals surface area contributed by atoms with Crippen LogP contribution < -0.4 is 0 Å². The molecule has 3 aliphatic carbocycles. The van der Waals surface area contributed by atoms with Crippen LogP contribution in [0.25, 0.3) is 11.1 Å². The number of aliphatic hydroxyl groups excluding tert-OH is 1. The van der Waals surface area contributed by atoms with Gasteiger partial charge in [0.15, 0.2) is 11.5 Å². The van der Waals surface area contributed by atoms with E-state index in [1.807, 2.05) is 0 Å². The van der Waals surface area contributed by atoms with E-state index in [-0.39, 0.29) is 44.6 Å². The molecule has 9 heteroatoms. The zero-order valence-corrected chi connectivity index (χ0v) is 18.4. The Labute approximate surface area is 197 Å². The summed E-state index contributed by atoms with van der Waals surface area (Å²) in [6.07, 6.45) is 0. The number of benzene rings is 2. The van der Waals surface area contributed by atoms with Gasteiger partial charge in [0, 0.05) is 16.7 Å². The van der Waals surface area contributed by atoms with E-state index in [9.17, 15) is 44.7 Å². The molecule has 0 aliphatic heterocycles. The van der Waals surface area contributed by atoms with E-state index in [4.69, 9.17) is 0 Å². The van der Waals surface area contributed by atoms with Gasteiger partial charge in [0.05, 0.1) is 11.5 Å². The number of rotatable bonds is 3. The largest absolute Gasteiger partial charge is 0.508 e. The standard InChI is InChI=1S/C26H18O9/c1-9(27)15-18-12-6-4-8-14(30)22(12)26(35,25(33)34)21(10(2)28)19(18)17-11-5-3-7-13(29)16(11)23(31)24(32)20(15)17/h3-8,21,29-30,32,35H,1-2H3,(H,33,34)/t21-,26+/m0/s1. The summed E-state index contributed by atoms with van der Waals surface area (Å²) in [6, 6.07) is 7.95. The van der Waals surface area contributed by atoms with Gasteiger partial charge < -0.3 is 25.5 Å².